The first kappa shape index (κ1) is 17.4. The number of non-ortho nitro benzene ring substituents is 1. The third-order valence-corrected chi connectivity index (χ3v) is 4.53. The molecule has 4 aromatic rings. The lowest BCUT2D eigenvalue weighted by molar-refractivity contribution is -0.494. The second-order valence-corrected chi connectivity index (χ2v) is 6.39. The number of aryl methyl sites for hydroxylation is 1. The van der Waals surface area contributed by atoms with Crippen LogP contribution in [0.5, 0.6) is 0 Å². The fraction of sp³-hybridized carbons (Fsp3) is 0.0476. The van der Waals surface area contributed by atoms with Gasteiger partial charge in [-0.25, -0.2) is 9.72 Å². The van der Waals surface area contributed by atoms with E-state index in [4.69, 9.17) is 0 Å². The van der Waals surface area contributed by atoms with E-state index < -0.39 is 10.8 Å². The summed E-state index contributed by atoms with van der Waals surface area (Å²) in [4.78, 5) is 26.7. The molecule has 7 nitrogen and oxygen atoms in total. The molecule has 0 spiro atoms. The lowest BCUT2D eigenvalue weighted by Crippen LogP contribution is -2.27. The quantitative estimate of drug-likeness (QED) is 0.323. The molecule has 4 rings (SSSR count). The first-order valence-electron chi connectivity index (χ1n) is 8.69. The number of anilines is 1. The van der Waals surface area contributed by atoms with Crippen molar-refractivity contribution >= 4 is 23.1 Å². The molecule has 7 heteroatoms. The molecule has 0 aliphatic carbocycles. The number of aromatic nitrogens is 2. The predicted octanol–water partition coefficient (Wildman–Crippen LogP) is 3.89. The molecule has 0 radical (unpaired) electrons. The summed E-state index contributed by atoms with van der Waals surface area (Å²) in [6.45, 7) is 1.98. The van der Waals surface area contributed by atoms with Gasteiger partial charge in [0.05, 0.1) is 16.7 Å². The minimum atomic E-state index is -0.518. The van der Waals surface area contributed by atoms with Crippen LogP contribution in [0.15, 0.2) is 72.9 Å². The largest absolute Gasteiger partial charge is 0.312 e. The molecule has 0 unspecified atom stereocenters. The maximum absolute atomic E-state index is 12.8. The molecule has 2 aromatic carbocycles. The van der Waals surface area contributed by atoms with Gasteiger partial charge in [-0.3, -0.25) is 19.9 Å². The molecule has 0 fully saturated rings. The minimum absolute atomic E-state index is 0.127. The first-order chi connectivity index (χ1) is 13.5. The van der Waals surface area contributed by atoms with Gasteiger partial charge in [-0.05, 0) is 25.1 Å². The molecule has 0 aliphatic heterocycles. The number of nitrogens with zero attached hydrogens (tertiary/aromatic N) is 2. The second kappa shape index (κ2) is 6.96. The first-order valence-corrected chi connectivity index (χ1v) is 8.69. The number of imidazole rings is 1. The summed E-state index contributed by atoms with van der Waals surface area (Å²) in [5, 5.41) is 13.9. The number of hydrogen-bond donors (Lipinski definition) is 2. The number of carbonyl (C=O) groups excluding carboxylic acids is 1. The van der Waals surface area contributed by atoms with Crippen LogP contribution in [-0.4, -0.2) is 15.8 Å². The summed E-state index contributed by atoms with van der Waals surface area (Å²) >= 11 is 0. The zero-order valence-electron chi connectivity index (χ0n) is 15.0. The van der Waals surface area contributed by atoms with Crippen molar-refractivity contribution in [2.75, 3.05) is 5.32 Å². The summed E-state index contributed by atoms with van der Waals surface area (Å²) in [5.41, 5.74) is 3.65. The zero-order valence-corrected chi connectivity index (χ0v) is 15.0. The van der Waals surface area contributed by atoms with Crippen molar-refractivity contribution in [3.63, 3.8) is 0 Å². The SMILES string of the molecule is Cc1ccc[n+]2c(NC(=O)c3cccc([N+](=O)[O-])c3)c(-c3ccccc3)[nH]c12. The van der Waals surface area contributed by atoms with E-state index >= 15 is 0 Å². The number of nitro benzene ring substituents is 1. The van der Waals surface area contributed by atoms with Gasteiger partial charge in [-0.15, -0.1) is 0 Å². The van der Waals surface area contributed by atoms with Crippen LogP contribution in [0, 0.1) is 17.0 Å². The molecule has 2 aromatic heterocycles. The van der Waals surface area contributed by atoms with Gasteiger partial charge in [0.1, 0.15) is 0 Å². The maximum atomic E-state index is 12.8. The molecule has 0 saturated carbocycles. The van der Waals surface area contributed by atoms with Crippen LogP contribution in [0.4, 0.5) is 11.5 Å². The Labute approximate surface area is 160 Å². The number of fused-ring (bicyclic) bond motifs is 1. The molecule has 2 N–H and O–H groups in total. The Bertz CT molecular complexity index is 1200. The Hall–Kier alpha value is -4.00. The summed E-state index contributed by atoms with van der Waals surface area (Å²) in [6.07, 6.45) is 1.86. The molecule has 0 bridgehead atoms. The summed E-state index contributed by atoms with van der Waals surface area (Å²) in [6, 6.07) is 19.2. The molecular weight excluding hydrogens is 356 g/mol. The zero-order chi connectivity index (χ0) is 19.7. The van der Waals surface area contributed by atoms with Crippen LogP contribution in [0.25, 0.3) is 16.9 Å². The maximum Gasteiger partial charge on any atom is 0.312 e. The fourth-order valence-corrected chi connectivity index (χ4v) is 3.14. The number of carbonyl (C=O) groups is 1. The number of hydrogen-bond acceptors (Lipinski definition) is 3. The Morgan fingerprint density at radius 1 is 1.07 bits per heavy atom. The van der Waals surface area contributed by atoms with Crippen molar-refractivity contribution in [2.45, 2.75) is 6.92 Å². The van der Waals surface area contributed by atoms with Crippen LogP contribution in [0.3, 0.4) is 0 Å². The average molecular weight is 373 g/mol. The summed E-state index contributed by atoms with van der Waals surface area (Å²) in [7, 11) is 0. The van der Waals surface area contributed by atoms with E-state index in [1.54, 1.807) is 6.07 Å². The number of nitrogens with one attached hydrogen (secondary N) is 2. The molecule has 0 saturated heterocycles. The van der Waals surface area contributed by atoms with Crippen LogP contribution in [0.1, 0.15) is 15.9 Å². The highest BCUT2D eigenvalue weighted by Gasteiger charge is 2.24. The van der Waals surface area contributed by atoms with E-state index in [2.05, 4.69) is 10.3 Å². The van der Waals surface area contributed by atoms with Crippen molar-refractivity contribution in [2.24, 2.45) is 0 Å². The predicted molar refractivity (Wildman–Crippen MR) is 105 cm³/mol. The number of benzene rings is 2. The number of H-pyrrole nitrogens is 1. The van der Waals surface area contributed by atoms with Crippen molar-refractivity contribution in [1.82, 2.24) is 4.98 Å². The van der Waals surface area contributed by atoms with Gasteiger partial charge in [0.15, 0.2) is 5.69 Å². The highest BCUT2D eigenvalue weighted by molar-refractivity contribution is 6.05. The van der Waals surface area contributed by atoms with Crippen molar-refractivity contribution in [3.8, 4) is 11.3 Å². The van der Waals surface area contributed by atoms with Crippen LogP contribution in [0.2, 0.25) is 0 Å². The third kappa shape index (κ3) is 3.09. The topological polar surface area (TPSA) is 92.1 Å². The van der Waals surface area contributed by atoms with Gasteiger partial charge in [0.25, 0.3) is 11.5 Å². The van der Waals surface area contributed by atoms with Crippen LogP contribution >= 0.6 is 0 Å². The molecule has 138 valence electrons. The van der Waals surface area contributed by atoms with Gasteiger partial charge < -0.3 is 0 Å². The lowest BCUT2D eigenvalue weighted by Gasteiger charge is -2.02. The number of pyridine rings is 1. The number of nitro groups is 1. The van der Waals surface area contributed by atoms with E-state index in [-0.39, 0.29) is 11.3 Å². The Morgan fingerprint density at radius 2 is 1.86 bits per heavy atom. The third-order valence-electron chi connectivity index (χ3n) is 4.53. The molecule has 0 atom stereocenters. The van der Waals surface area contributed by atoms with Gasteiger partial charge in [-0.1, -0.05) is 36.4 Å². The van der Waals surface area contributed by atoms with E-state index in [0.29, 0.717) is 5.82 Å². The fourth-order valence-electron chi connectivity index (χ4n) is 3.14. The Balaban J connectivity index is 1.82. The highest BCUT2D eigenvalue weighted by Crippen LogP contribution is 2.26. The molecule has 1 amide bonds. The van der Waals surface area contributed by atoms with E-state index in [1.807, 2.05) is 60.0 Å². The monoisotopic (exact) mass is 373 g/mol. The van der Waals surface area contributed by atoms with Crippen molar-refractivity contribution < 1.29 is 14.1 Å². The van der Waals surface area contributed by atoms with Gasteiger partial charge >= 0.3 is 5.91 Å². The van der Waals surface area contributed by atoms with Gasteiger partial charge in [0.2, 0.25) is 5.65 Å². The standard InChI is InChI=1S/C21H16N4O3/c1-14-7-6-12-24-19(14)22-18(15-8-3-2-4-9-15)20(24)23-21(26)16-10-5-11-17(13-16)25(27)28/h2-13H,1H3,(H,23,26)/p+1. The van der Waals surface area contributed by atoms with E-state index in [0.717, 1.165) is 22.5 Å². The molecule has 2 heterocycles. The smallest absolute Gasteiger partial charge is 0.267 e. The highest BCUT2D eigenvalue weighted by atomic mass is 16.6. The lowest BCUT2D eigenvalue weighted by atomic mass is 10.1. The number of amides is 1. The summed E-state index contributed by atoms with van der Waals surface area (Å²) < 4.78 is 1.87. The summed E-state index contributed by atoms with van der Waals surface area (Å²) in [5.74, 6) is 0.150. The average Bonchev–Trinajstić information content (AvgIpc) is 3.08. The van der Waals surface area contributed by atoms with Crippen LogP contribution in [-0.2, 0) is 0 Å². The minimum Gasteiger partial charge on any atom is -0.267 e. The van der Waals surface area contributed by atoms with E-state index in [1.165, 1.54) is 18.2 Å². The number of aromatic amines is 1. The van der Waals surface area contributed by atoms with Gasteiger partial charge in [-0.2, -0.15) is 0 Å². The van der Waals surface area contributed by atoms with Crippen molar-refractivity contribution in [1.29, 1.82) is 0 Å². The normalized spacial score (nSPS) is 10.8. The van der Waals surface area contributed by atoms with Crippen LogP contribution < -0.4 is 9.72 Å². The molecule has 0 aliphatic rings. The number of rotatable bonds is 4. The van der Waals surface area contributed by atoms with Gasteiger partial charge in [0, 0.05) is 23.3 Å². The van der Waals surface area contributed by atoms with E-state index in [9.17, 15) is 14.9 Å². The Morgan fingerprint density at radius 3 is 2.61 bits per heavy atom. The van der Waals surface area contributed by atoms with Crippen molar-refractivity contribution in [3.05, 3.63) is 94.2 Å². The Kier molecular flexibility index (Phi) is 4.33. The molecular formula is C21H17N4O3+. The molecule has 28 heavy (non-hydrogen) atoms. The second-order valence-electron chi connectivity index (χ2n) is 6.39.